The molecule has 1 fully saturated rings. The van der Waals surface area contributed by atoms with Crippen molar-refractivity contribution in [1.29, 1.82) is 0 Å². The van der Waals surface area contributed by atoms with Crippen LogP contribution < -0.4 is 24.8 Å². The van der Waals surface area contributed by atoms with E-state index in [0.29, 0.717) is 58.2 Å². The van der Waals surface area contributed by atoms with Crippen molar-refractivity contribution < 1.29 is 19.0 Å². The second-order valence-electron chi connectivity index (χ2n) is 8.28. The molecule has 0 spiro atoms. The molecule has 1 amide bonds. The third-order valence-electron chi connectivity index (χ3n) is 6.04. The van der Waals surface area contributed by atoms with Crippen LogP contribution in [0.1, 0.15) is 44.9 Å². The molecular formula is C24H31N5O4. The number of anilines is 3. The molecule has 0 unspecified atom stereocenters. The van der Waals surface area contributed by atoms with Crippen LogP contribution in [0.15, 0.2) is 24.3 Å². The van der Waals surface area contributed by atoms with Gasteiger partial charge in [-0.3, -0.25) is 4.79 Å². The van der Waals surface area contributed by atoms with Crippen LogP contribution in [-0.4, -0.2) is 42.2 Å². The molecule has 0 radical (unpaired) electrons. The summed E-state index contributed by atoms with van der Waals surface area (Å²) in [5.41, 5.74) is 1.97. The lowest BCUT2D eigenvalue weighted by molar-refractivity contribution is -0.116. The number of H-pyrrole nitrogens is 1. The number of amides is 1. The Morgan fingerprint density at radius 1 is 1.03 bits per heavy atom. The van der Waals surface area contributed by atoms with E-state index in [4.69, 9.17) is 14.2 Å². The van der Waals surface area contributed by atoms with Crippen molar-refractivity contribution in [1.82, 2.24) is 15.0 Å². The van der Waals surface area contributed by atoms with Crippen LogP contribution in [0.3, 0.4) is 0 Å². The molecule has 9 nitrogen and oxygen atoms in total. The van der Waals surface area contributed by atoms with E-state index in [2.05, 4.69) is 25.6 Å². The van der Waals surface area contributed by atoms with Crippen molar-refractivity contribution in [2.75, 3.05) is 32.0 Å². The first-order chi connectivity index (χ1) is 16.1. The number of benzene rings is 1. The zero-order valence-electron chi connectivity index (χ0n) is 19.4. The van der Waals surface area contributed by atoms with Crippen molar-refractivity contribution >= 4 is 34.5 Å². The van der Waals surface area contributed by atoms with Crippen molar-refractivity contribution in [3.05, 3.63) is 24.3 Å². The number of nitrogens with zero attached hydrogens (tertiary/aromatic N) is 2. The number of ether oxygens (including phenoxy) is 3. The molecule has 0 aliphatic heterocycles. The Kier molecular flexibility index (Phi) is 7.16. The number of nitrogens with one attached hydrogen (secondary N) is 3. The second-order valence-corrected chi connectivity index (χ2v) is 8.28. The van der Waals surface area contributed by atoms with Crippen LogP contribution in [-0.2, 0) is 4.79 Å². The Morgan fingerprint density at radius 3 is 2.42 bits per heavy atom. The highest BCUT2D eigenvalue weighted by Crippen LogP contribution is 2.40. The fraction of sp³-hybridized carbons (Fsp3) is 0.458. The van der Waals surface area contributed by atoms with Gasteiger partial charge in [0.1, 0.15) is 11.3 Å². The summed E-state index contributed by atoms with van der Waals surface area (Å²) in [4.78, 5) is 24.6. The normalized spacial score (nSPS) is 14.2. The predicted molar refractivity (Wildman–Crippen MR) is 128 cm³/mol. The lowest BCUT2D eigenvalue weighted by atomic mass is 9.86. The molecule has 33 heavy (non-hydrogen) atoms. The van der Waals surface area contributed by atoms with Crippen LogP contribution in [0.25, 0.3) is 11.2 Å². The minimum absolute atomic E-state index is 0.00251. The lowest BCUT2D eigenvalue weighted by Crippen LogP contribution is -2.15. The first kappa shape index (κ1) is 22.7. The molecule has 9 heteroatoms. The molecule has 1 aliphatic carbocycles. The Morgan fingerprint density at radius 2 is 1.76 bits per heavy atom. The summed E-state index contributed by atoms with van der Waals surface area (Å²) in [6.07, 6.45) is 7.86. The van der Waals surface area contributed by atoms with Crippen LogP contribution in [0.2, 0.25) is 0 Å². The molecule has 1 aliphatic rings. The number of hydrogen-bond donors (Lipinski definition) is 3. The van der Waals surface area contributed by atoms with Crippen molar-refractivity contribution in [2.24, 2.45) is 5.92 Å². The average Bonchev–Trinajstić information content (AvgIpc) is 3.24. The van der Waals surface area contributed by atoms with Crippen LogP contribution in [0.5, 0.6) is 17.2 Å². The standard InChI is InChI=1S/C24H31N5O4/c1-31-18-13-16(14-19(32-2)22(18)33-3)25-24-26-17-10-11-20(28-23(17)29-24)27-21(30)12-9-15-7-5-4-6-8-15/h10-11,13-15H,4-9,12H2,1-3H3,(H3,25,26,27,28,29,30). The Labute approximate surface area is 193 Å². The number of pyridine rings is 1. The molecule has 176 valence electrons. The molecule has 3 N–H and O–H groups in total. The minimum Gasteiger partial charge on any atom is -0.493 e. The smallest absolute Gasteiger partial charge is 0.225 e. The van der Waals surface area contributed by atoms with Gasteiger partial charge in [-0.25, -0.2) is 9.97 Å². The molecule has 0 atom stereocenters. The number of imidazole rings is 1. The van der Waals surface area contributed by atoms with Crippen molar-refractivity contribution in [3.8, 4) is 17.2 Å². The number of aromatic nitrogens is 3. The van der Waals surface area contributed by atoms with Crippen molar-refractivity contribution in [2.45, 2.75) is 44.9 Å². The molecule has 2 heterocycles. The van der Waals surface area contributed by atoms with Gasteiger partial charge in [0.2, 0.25) is 17.6 Å². The highest BCUT2D eigenvalue weighted by atomic mass is 16.5. The van der Waals surface area contributed by atoms with Gasteiger partial charge in [0.25, 0.3) is 0 Å². The summed E-state index contributed by atoms with van der Waals surface area (Å²) in [5.74, 6) is 3.28. The van der Waals surface area contributed by atoms with Crippen LogP contribution in [0.4, 0.5) is 17.5 Å². The molecule has 0 bridgehead atoms. The zero-order chi connectivity index (χ0) is 23.2. The van der Waals surface area contributed by atoms with Crippen LogP contribution >= 0.6 is 0 Å². The van der Waals surface area contributed by atoms with E-state index in [1.54, 1.807) is 39.5 Å². The Balaban J connectivity index is 1.43. The highest BCUT2D eigenvalue weighted by Gasteiger charge is 2.16. The maximum atomic E-state index is 12.4. The van der Waals surface area contributed by atoms with Gasteiger partial charge < -0.3 is 29.8 Å². The Bertz CT molecular complexity index is 1080. The fourth-order valence-corrected chi connectivity index (χ4v) is 4.33. The summed E-state index contributed by atoms with van der Waals surface area (Å²) >= 11 is 0. The van der Waals surface area contributed by atoms with E-state index in [0.717, 1.165) is 6.42 Å². The van der Waals surface area contributed by atoms with Gasteiger partial charge >= 0.3 is 0 Å². The largest absolute Gasteiger partial charge is 0.493 e. The predicted octanol–water partition coefficient (Wildman–Crippen LogP) is 5.03. The molecule has 1 aromatic carbocycles. The monoisotopic (exact) mass is 453 g/mol. The Hall–Kier alpha value is -3.49. The van der Waals surface area contributed by atoms with Gasteiger partial charge in [0.05, 0.1) is 21.3 Å². The highest BCUT2D eigenvalue weighted by molar-refractivity contribution is 5.91. The summed E-state index contributed by atoms with van der Waals surface area (Å²) in [7, 11) is 4.69. The summed E-state index contributed by atoms with van der Waals surface area (Å²) < 4.78 is 16.2. The summed E-state index contributed by atoms with van der Waals surface area (Å²) in [6, 6.07) is 7.18. The van der Waals surface area contributed by atoms with E-state index in [-0.39, 0.29) is 5.91 Å². The first-order valence-electron chi connectivity index (χ1n) is 11.3. The van der Waals surface area contributed by atoms with E-state index < -0.39 is 0 Å². The minimum atomic E-state index is 0.00251. The molecule has 0 saturated heterocycles. The zero-order valence-corrected chi connectivity index (χ0v) is 19.4. The molecule has 4 rings (SSSR count). The lowest BCUT2D eigenvalue weighted by Gasteiger charge is -2.20. The van der Waals surface area contributed by atoms with E-state index in [1.165, 1.54) is 32.1 Å². The van der Waals surface area contributed by atoms with Crippen molar-refractivity contribution in [3.63, 3.8) is 0 Å². The maximum Gasteiger partial charge on any atom is 0.225 e. The van der Waals surface area contributed by atoms with Gasteiger partial charge in [-0.15, -0.1) is 0 Å². The fourth-order valence-electron chi connectivity index (χ4n) is 4.33. The molecule has 3 aromatic rings. The molecule has 1 saturated carbocycles. The van der Waals surface area contributed by atoms with Gasteiger partial charge in [-0.1, -0.05) is 32.1 Å². The topological polar surface area (TPSA) is 110 Å². The molecular weight excluding hydrogens is 422 g/mol. The van der Waals surface area contributed by atoms with Gasteiger partial charge in [0.15, 0.2) is 17.1 Å². The van der Waals surface area contributed by atoms with Gasteiger partial charge in [-0.2, -0.15) is 0 Å². The van der Waals surface area contributed by atoms with Crippen LogP contribution in [0, 0.1) is 5.92 Å². The molecule has 2 aromatic heterocycles. The summed E-state index contributed by atoms with van der Waals surface area (Å²) in [5, 5.41) is 6.11. The number of carbonyl (C=O) groups is 1. The third kappa shape index (κ3) is 5.47. The number of fused-ring (bicyclic) bond motifs is 1. The number of methoxy groups -OCH3 is 3. The van der Waals surface area contributed by atoms with E-state index in [1.807, 2.05) is 6.07 Å². The first-order valence-corrected chi connectivity index (χ1v) is 11.3. The van der Waals surface area contributed by atoms with Gasteiger partial charge in [0, 0.05) is 24.2 Å². The van der Waals surface area contributed by atoms with E-state index in [9.17, 15) is 4.79 Å². The number of carbonyl (C=O) groups excluding carboxylic acids is 1. The average molecular weight is 454 g/mol. The number of aromatic amines is 1. The third-order valence-corrected chi connectivity index (χ3v) is 6.04. The maximum absolute atomic E-state index is 12.4. The van der Waals surface area contributed by atoms with E-state index >= 15 is 0 Å². The SMILES string of the molecule is COc1cc(Nc2nc3ccc(NC(=O)CCC4CCCCC4)nc3[nH]2)cc(OC)c1OC. The number of hydrogen-bond acceptors (Lipinski definition) is 7. The number of rotatable bonds is 9. The van der Waals surface area contributed by atoms with Gasteiger partial charge in [-0.05, 0) is 24.5 Å². The second kappa shape index (κ2) is 10.4. The summed E-state index contributed by atoms with van der Waals surface area (Å²) in [6.45, 7) is 0. The quantitative estimate of drug-likeness (QED) is 0.417.